The van der Waals surface area contributed by atoms with E-state index in [-0.39, 0.29) is 12.5 Å². The largest absolute Gasteiger partial charge is 0.394 e. The van der Waals surface area contributed by atoms with E-state index < -0.39 is 49.5 Å². The number of nitrogens with one attached hydrogen (secondary N) is 1. The van der Waals surface area contributed by atoms with E-state index in [1.54, 1.807) is 0 Å². The maximum atomic E-state index is 12.9. The molecule has 0 radical (unpaired) electrons. The van der Waals surface area contributed by atoms with E-state index in [4.69, 9.17) is 9.47 Å². The standard InChI is InChI=1S/C47H89NO8/c1-3-5-7-9-11-13-14-15-16-17-18-19-20-21-22-23-24-25-26-27-28-29-31-33-35-37-43(51)48-40(41(50)36-34-32-30-12-10-8-6-4-2)39-55-47-46(54)45(53)44(52)42(38-49)56-47/h14-15,17-18,40-42,44-47,49-50,52-54H,3-13,16,19-39H2,1-2H3,(H,48,51)/b15-14-,18-17-. The Morgan fingerprint density at radius 1 is 0.607 bits per heavy atom. The highest BCUT2D eigenvalue weighted by Crippen LogP contribution is 2.23. The Bertz CT molecular complexity index is 930. The normalized spacial score (nSPS) is 21.3. The zero-order valence-corrected chi connectivity index (χ0v) is 36.1. The first-order valence-corrected chi connectivity index (χ1v) is 23.5. The molecule has 0 aromatic heterocycles. The molecule has 56 heavy (non-hydrogen) atoms. The zero-order chi connectivity index (χ0) is 40.9. The summed E-state index contributed by atoms with van der Waals surface area (Å²) in [5.41, 5.74) is 0. The highest BCUT2D eigenvalue weighted by atomic mass is 16.7. The maximum absolute atomic E-state index is 12.9. The molecule has 1 aliphatic rings. The summed E-state index contributed by atoms with van der Waals surface area (Å²) in [4.78, 5) is 12.9. The van der Waals surface area contributed by atoms with Gasteiger partial charge in [-0.3, -0.25) is 4.79 Å². The molecule has 9 nitrogen and oxygen atoms in total. The predicted octanol–water partition coefficient (Wildman–Crippen LogP) is 9.89. The monoisotopic (exact) mass is 796 g/mol. The third-order valence-corrected chi connectivity index (χ3v) is 11.3. The van der Waals surface area contributed by atoms with Crippen molar-refractivity contribution < 1.29 is 39.8 Å². The highest BCUT2D eigenvalue weighted by molar-refractivity contribution is 5.76. The van der Waals surface area contributed by atoms with Crippen LogP contribution in [-0.4, -0.2) is 87.5 Å². The molecule has 0 spiro atoms. The van der Waals surface area contributed by atoms with Crippen molar-refractivity contribution in [3.8, 4) is 0 Å². The molecule has 1 saturated heterocycles. The van der Waals surface area contributed by atoms with E-state index in [9.17, 15) is 30.3 Å². The lowest BCUT2D eigenvalue weighted by molar-refractivity contribution is -0.302. The first kappa shape index (κ1) is 52.7. The second-order valence-electron chi connectivity index (χ2n) is 16.6. The molecular weight excluding hydrogens is 707 g/mol. The number of carbonyl (C=O) groups is 1. The fourth-order valence-corrected chi connectivity index (χ4v) is 7.48. The lowest BCUT2D eigenvalue weighted by Crippen LogP contribution is -2.60. The third kappa shape index (κ3) is 28.2. The summed E-state index contributed by atoms with van der Waals surface area (Å²) < 4.78 is 11.2. The number of hydrogen-bond acceptors (Lipinski definition) is 8. The van der Waals surface area contributed by atoms with E-state index >= 15 is 0 Å². The summed E-state index contributed by atoms with van der Waals surface area (Å²) in [5, 5.41) is 54.1. The molecule has 0 aromatic rings. The van der Waals surface area contributed by atoms with Crippen LogP contribution >= 0.6 is 0 Å². The average molecular weight is 796 g/mol. The topological polar surface area (TPSA) is 149 Å². The number of aliphatic hydroxyl groups is 5. The van der Waals surface area contributed by atoms with Gasteiger partial charge in [0.05, 0.1) is 25.4 Å². The van der Waals surface area contributed by atoms with Gasteiger partial charge in [-0.15, -0.1) is 0 Å². The minimum absolute atomic E-state index is 0.137. The van der Waals surface area contributed by atoms with Crippen LogP contribution in [0.4, 0.5) is 0 Å². The van der Waals surface area contributed by atoms with Crippen LogP contribution in [0.1, 0.15) is 213 Å². The SMILES string of the molecule is CCCCCCC/C=C\C/C=C\CCCCCCCCCCCCCCCC(=O)NC(COC1OC(CO)C(O)C(O)C1O)C(O)CCCCCCCCCC. The molecule has 0 aliphatic carbocycles. The van der Waals surface area contributed by atoms with Gasteiger partial charge in [-0.1, -0.05) is 186 Å². The second-order valence-corrected chi connectivity index (χ2v) is 16.6. The molecule has 0 saturated carbocycles. The molecule has 330 valence electrons. The number of rotatable bonds is 39. The van der Waals surface area contributed by atoms with Gasteiger partial charge in [-0.2, -0.15) is 0 Å². The van der Waals surface area contributed by atoms with Gasteiger partial charge in [0.25, 0.3) is 0 Å². The molecule has 0 aromatic carbocycles. The smallest absolute Gasteiger partial charge is 0.220 e. The van der Waals surface area contributed by atoms with Crippen molar-refractivity contribution in [2.24, 2.45) is 0 Å². The van der Waals surface area contributed by atoms with Gasteiger partial charge in [-0.25, -0.2) is 0 Å². The Balaban J connectivity index is 2.17. The van der Waals surface area contributed by atoms with Crippen molar-refractivity contribution >= 4 is 5.91 Å². The summed E-state index contributed by atoms with van der Waals surface area (Å²) in [6.07, 6.45) is 37.8. The van der Waals surface area contributed by atoms with Crippen LogP contribution in [0.25, 0.3) is 0 Å². The van der Waals surface area contributed by atoms with Gasteiger partial charge in [0.1, 0.15) is 24.4 Å². The van der Waals surface area contributed by atoms with Crippen molar-refractivity contribution in [2.45, 2.75) is 256 Å². The molecule has 1 amide bonds. The van der Waals surface area contributed by atoms with Crippen LogP contribution < -0.4 is 5.32 Å². The zero-order valence-electron chi connectivity index (χ0n) is 36.1. The van der Waals surface area contributed by atoms with E-state index in [0.717, 1.165) is 44.9 Å². The third-order valence-electron chi connectivity index (χ3n) is 11.3. The Hall–Kier alpha value is -1.33. The predicted molar refractivity (Wildman–Crippen MR) is 230 cm³/mol. The summed E-state index contributed by atoms with van der Waals surface area (Å²) in [6, 6.07) is -0.714. The van der Waals surface area contributed by atoms with Crippen LogP contribution in [0.15, 0.2) is 24.3 Å². The van der Waals surface area contributed by atoms with E-state index in [1.165, 1.54) is 141 Å². The van der Waals surface area contributed by atoms with Gasteiger partial charge < -0.3 is 40.3 Å². The van der Waals surface area contributed by atoms with Crippen molar-refractivity contribution in [3.05, 3.63) is 24.3 Å². The van der Waals surface area contributed by atoms with Crippen LogP contribution in [0.2, 0.25) is 0 Å². The molecular formula is C47H89NO8. The molecule has 9 heteroatoms. The second kappa shape index (κ2) is 37.9. The molecule has 7 unspecified atom stereocenters. The Morgan fingerprint density at radius 2 is 1.05 bits per heavy atom. The molecule has 0 bridgehead atoms. The number of amides is 1. The lowest BCUT2D eigenvalue weighted by atomic mass is 9.99. The first-order valence-electron chi connectivity index (χ1n) is 23.5. The van der Waals surface area contributed by atoms with Crippen molar-refractivity contribution in [2.75, 3.05) is 13.2 Å². The van der Waals surface area contributed by atoms with E-state index in [0.29, 0.717) is 12.8 Å². The Morgan fingerprint density at radius 3 is 1.54 bits per heavy atom. The average Bonchev–Trinajstić information content (AvgIpc) is 3.20. The Labute approximate surface area is 343 Å². The fraction of sp³-hybridized carbons (Fsp3) is 0.894. The summed E-state index contributed by atoms with van der Waals surface area (Å²) in [7, 11) is 0. The maximum Gasteiger partial charge on any atom is 0.220 e. The van der Waals surface area contributed by atoms with E-state index in [1.807, 2.05) is 0 Å². The molecule has 1 aliphatic heterocycles. The van der Waals surface area contributed by atoms with Crippen LogP contribution in [-0.2, 0) is 14.3 Å². The first-order chi connectivity index (χ1) is 27.3. The summed E-state index contributed by atoms with van der Waals surface area (Å²) in [6.45, 7) is 3.79. The minimum Gasteiger partial charge on any atom is -0.394 e. The van der Waals surface area contributed by atoms with Crippen molar-refractivity contribution in [3.63, 3.8) is 0 Å². The Kier molecular flexibility index (Phi) is 35.7. The number of hydrogen-bond donors (Lipinski definition) is 6. The molecule has 6 N–H and O–H groups in total. The number of carbonyl (C=O) groups excluding carboxylic acids is 1. The summed E-state index contributed by atoms with van der Waals surface area (Å²) in [5.74, 6) is -0.148. The molecule has 1 rings (SSSR count). The highest BCUT2D eigenvalue weighted by Gasteiger charge is 2.44. The fourth-order valence-electron chi connectivity index (χ4n) is 7.48. The quantitative estimate of drug-likeness (QED) is 0.0266. The number of ether oxygens (including phenoxy) is 2. The number of allylic oxidation sites excluding steroid dienone is 4. The lowest BCUT2D eigenvalue weighted by Gasteiger charge is -2.40. The van der Waals surface area contributed by atoms with Crippen LogP contribution in [0.3, 0.4) is 0 Å². The van der Waals surface area contributed by atoms with Gasteiger partial charge in [0.15, 0.2) is 6.29 Å². The summed E-state index contributed by atoms with van der Waals surface area (Å²) >= 11 is 0. The molecule has 1 heterocycles. The number of unbranched alkanes of at least 4 members (excludes halogenated alkanes) is 25. The van der Waals surface area contributed by atoms with Gasteiger partial charge in [0, 0.05) is 6.42 Å². The van der Waals surface area contributed by atoms with Crippen LogP contribution in [0, 0.1) is 0 Å². The van der Waals surface area contributed by atoms with Crippen LogP contribution in [0.5, 0.6) is 0 Å². The van der Waals surface area contributed by atoms with E-state index in [2.05, 4.69) is 43.5 Å². The molecule has 7 atom stereocenters. The van der Waals surface area contributed by atoms with Gasteiger partial charge in [0.2, 0.25) is 5.91 Å². The van der Waals surface area contributed by atoms with Crippen molar-refractivity contribution in [1.29, 1.82) is 0 Å². The van der Waals surface area contributed by atoms with Gasteiger partial charge in [-0.05, 0) is 44.9 Å². The van der Waals surface area contributed by atoms with Crippen molar-refractivity contribution in [1.82, 2.24) is 5.32 Å². The minimum atomic E-state index is -1.55. The molecule has 1 fully saturated rings. The van der Waals surface area contributed by atoms with Gasteiger partial charge >= 0.3 is 0 Å². The number of aliphatic hydroxyl groups excluding tert-OH is 5.